The Morgan fingerprint density at radius 2 is 2.00 bits per heavy atom. The average Bonchev–Trinajstić information content (AvgIpc) is 1.97. The van der Waals surface area contributed by atoms with E-state index in [0.29, 0.717) is 5.92 Å². The van der Waals surface area contributed by atoms with Crippen LogP contribution >= 0.6 is 11.6 Å². The summed E-state index contributed by atoms with van der Waals surface area (Å²) >= 11 is 5.90. The van der Waals surface area contributed by atoms with E-state index in [-0.39, 0.29) is 5.38 Å². The minimum absolute atomic E-state index is 0.289. The summed E-state index contributed by atoms with van der Waals surface area (Å²) in [4.78, 5) is 0. The van der Waals surface area contributed by atoms with Crippen molar-refractivity contribution in [3.05, 3.63) is 0 Å². The standard InChI is InChI=1S/C9H19ClO/c1-4-11-7-5-6-8(2)9(3)10/h8-9H,4-7H2,1-3H3. The average molecular weight is 179 g/mol. The van der Waals surface area contributed by atoms with Crippen LogP contribution in [0.3, 0.4) is 0 Å². The molecule has 0 aromatic rings. The van der Waals surface area contributed by atoms with Crippen LogP contribution < -0.4 is 0 Å². The van der Waals surface area contributed by atoms with Gasteiger partial charge in [-0.1, -0.05) is 6.92 Å². The van der Waals surface area contributed by atoms with Crippen LogP contribution in [0.2, 0.25) is 0 Å². The van der Waals surface area contributed by atoms with Gasteiger partial charge in [-0.15, -0.1) is 11.6 Å². The van der Waals surface area contributed by atoms with Gasteiger partial charge in [-0.2, -0.15) is 0 Å². The molecule has 0 aromatic heterocycles. The molecule has 0 saturated heterocycles. The quantitative estimate of drug-likeness (QED) is 0.449. The molecule has 0 rings (SSSR count). The number of ether oxygens (including phenoxy) is 1. The number of hydrogen-bond donors (Lipinski definition) is 0. The van der Waals surface area contributed by atoms with Crippen LogP contribution in [0.4, 0.5) is 0 Å². The molecular formula is C9H19ClO. The molecule has 2 atom stereocenters. The fraction of sp³-hybridized carbons (Fsp3) is 1.00. The van der Waals surface area contributed by atoms with Crippen LogP contribution in [-0.4, -0.2) is 18.6 Å². The lowest BCUT2D eigenvalue weighted by Gasteiger charge is -2.12. The molecule has 0 aliphatic rings. The Labute approximate surface area is 75.1 Å². The highest BCUT2D eigenvalue weighted by atomic mass is 35.5. The summed E-state index contributed by atoms with van der Waals surface area (Å²) in [6.45, 7) is 7.96. The SMILES string of the molecule is CCOCCCC(C)C(C)Cl. The summed E-state index contributed by atoms with van der Waals surface area (Å²) in [6.07, 6.45) is 2.30. The highest BCUT2D eigenvalue weighted by molar-refractivity contribution is 6.20. The first-order valence-electron chi connectivity index (χ1n) is 4.40. The minimum atomic E-state index is 0.289. The molecule has 0 heterocycles. The predicted molar refractivity (Wildman–Crippen MR) is 50.2 cm³/mol. The first-order valence-corrected chi connectivity index (χ1v) is 4.84. The topological polar surface area (TPSA) is 9.23 Å². The molecule has 0 radical (unpaired) electrons. The maximum absolute atomic E-state index is 5.90. The third kappa shape index (κ3) is 6.64. The van der Waals surface area contributed by atoms with Gasteiger partial charge in [-0.25, -0.2) is 0 Å². The largest absolute Gasteiger partial charge is 0.382 e. The van der Waals surface area contributed by atoms with Crippen molar-refractivity contribution in [3.8, 4) is 0 Å². The van der Waals surface area contributed by atoms with Crippen LogP contribution in [0.25, 0.3) is 0 Å². The summed E-state index contributed by atoms with van der Waals surface area (Å²) in [6, 6.07) is 0. The lowest BCUT2D eigenvalue weighted by Crippen LogP contribution is -2.08. The summed E-state index contributed by atoms with van der Waals surface area (Å²) in [5, 5.41) is 0.289. The molecule has 0 aliphatic heterocycles. The minimum Gasteiger partial charge on any atom is -0.382 e. The van der Waals surface area contributed by atoms with E-state index in [4.69, 9.17) is 16.3 Å². The molecule has 0 saturated carbocycles. The monoisotopic (exact) mass is 178 g/mol. The van der Waals surface area contributed by atoms with Crippen LogP contribution in [0.5, 0.6) is 0 Å². The number of halogens is 1. The maximum Gasteiger partial charge on any atom is 0.0466 e. The Bertz CT molecular complexity index is 83.6. The van der Waals surface area contributed by atoms with E-state index >= 15 is 0 Å². The van der Waals surface area contributed by atoms with Gasteiger partial charge in [0.25, 0.3) is 0 Å². The Kier molecular flexibility index (Phi) is 7.09. The van der Waals surface area contributed by atoms with E-state index in [0.717, 1.165) is 19.6 Å². The van der Waals surface area contributed by atoms with Gasteiger partial charge < -0.3 is 4.74 Å². The van der Waals surface area contributed by atoms with Gasteiger partial charge >= 0.3 is 0 Å². The molecule has 68 valence electrons. The first kappa shape index (κ1) is 11.2. The van der Waals surface area contributed by atoms with Gasteiger partial charge in [0.2, 0.25) is 0 Å². The Balaban J connectivity index is 3.10. The van der Waals surface area contributed by atoms with Gasteiger partial charge in [-0.05, 0) is 32.6 Å². The second kappa shape index (κ2) is 6.93. The zero-order valence-electron chi connectivity index (χ0n) is 7.77. The van der Waals surface area contributed by atoms with E-state index < -0.39 is 0 Å². The van der Waals surface area contributed by atoms with Crippen molar-refractivity contribution in [2.45, 2.75) is 39.0 Å². The molecule has 11 heavy (non-hydrogen) atoms. The molecule has 0 fully saturated rings. The third-order valence-corrected chi connectivity index (χ3v) is 2.37. The van der Waals surface area contributed by atoms with Crippen LogP contribution in [0.1, 0.15) is 33.6 Å². The van der Waals surface area contributed by atoms with Crippen molar-refractivity contribution in [2.75, 3.05) is 13.2 Å². The van der Waals surface area contributed by atoms with Crippen molar-refractivity contribution < 1.29 is 4.74 Å². The summed E-state index contributed by atoms with van der Waals surface area (Å²) in [7, 11) is 0. The van der Waals surface area contributed by atoms with Crippen molar-refractivity contribution in [1.29, 1.82) is 0 Å². The van der Waals surface area contributed by atoms with E-state index in [2.05, 4.69) is 6.92 Å². The van der Waals surface area contributed by atoms with Crippen LogP contribution in [-0.2, 0) is 4.74 Å². The molecular weight excluding hydrogens is 160 g/mol. The van der Waals surface area contributed by atoms with E-state index in [1.165, 1.54) is 6.42 Å². The molecule has 0 amide bonds. The summed E-state index contributed by atoms with van der Waals surface area (Å²) in [5.41, 5.74) is 0. The van der Waals surface area contributed by atoms with Crippen LogP contribution in [0.15, 0.2) is 0 Å². The predicted octanol–water partition coefficient (Wildman–Crippen LogP) is 3.07. The summed E-state index contributed by atoms with van der Waals surface area (Å²) < 4.78 is 5.22. The molecule has 1 nitrogen and oxygen atoms in total. The highest BCUT2D eigenvalue weighted by Crippen LogP contribution is 2.15. The molecule has 2 heteroatoms. The Hall–Kier alpha value is 0.250. The lowest BCUT2D eigenvalue weighted by atomic mass is 10.0. The molecule has 0 aliphatic carbocycles. The zero-order valence-corrected chi connectivity index (χ0v) is 8.53. The van der Waals surface area contributed by atoms with E-state index in [1.54, 1.807) is 0 Å². The fourth-order valence-corrected chi connectivity index (χ4v) is 1.01. The van der Waals surface area contributed by atoms with Gasteiger partial charge in [0.1, 0.15) is 0 Å². The number of hydrogen-bond acceptors (Lipinski definition) is 1. The summed E-state index contributed by atoms with van der Waals surface area (Å²) in [5.74, 6) is 0.608. The fourth-order valence-electron chi connectivity index (χ4n) is 0.881. The van der Waals surface area contributed by atoms with Crippen molar-refractivity contribution in [3.63, 3.8) is 0 Å². The molecule has 0 spiro atoms. The second-order valence-electron chi connectivity index (χ2n) is 2.99. The van der Waals surface area contributed by atoms with Crippen molar-refractivity contribution in [1.82, 2.24) is 0 Å². The smallest absolute Gasteiger partial charge is 0.0466 e. The number of rotatable bonds is 6. The zero-order chi connectivity index (χ0) is 8.69. The normalized spacial score (nSPS) is 16.4. The molecule has 0 bridgehead atoms. The molecule has 0 N–H and O–H groups in total. The Morgan fingerprint density at radius 3 is 2.45 bits per heavy atom. The van der Waals surface area contributed by atoms with Gasteiger partial charge in [0, 0.05) is 18.6 Å². The van der Waals surface area contributed by atoms with Crippen molar-refractivity contribution >= 4 is 11.6 Å². The Morgan fingerprint density at radius 1 is 1.36 bits per heavy atom. The van der Waals surface area contributed by atoms with E-state index in [1.807, 2.05) is 13.8 Å². The van der Waals surface area contributed by atoms with Crippen LogP contribution in [0, 0.1) is 5.92 Å². The van der Waals surface area contributed by atoms with Gasteiger partial charge in [-0.3, -0.25) is 0 Å². The lowest BCUT2D eigenvalue weighted by molar-refractivity contribution is 0.140. The van der Waals surface area contributed by atoms with Gasteiger partial charge in [0.15, 0.2) is 0 Å². The second-order valence-corrected chi connectivity index (χ2v) is 3.68. The molecule has 2 unspecified atom stereocenters. The maximum atomic E-state index is 5.90. The van der Waals surface area contributed by atoms with Gasteiger partial charge in [0.05, 0.1) is 0 Å². The highest BCUT2D eigenvalue weighted by Gasteiger charge is 2.07. The molecule has 0 aromatic carbocycles. The van der Waals surface area contributed by atoms with E-state index in [9.17, 15) is 0 Å². The first-order chi connectivity index (χ1) is 5.18. The number of alkyl halides is 1. The van der Waals surface area contributed by atoms with Crippen molar-refractivity contribution in [2.24, 2.45) is 5.92 Å². The third-order valence-electron chi connectivity index (χ3n) is 1.94.